The minimum atomic E-state index is 0.312. The Morgan fingerprint density at radius 3 is 2.46 bits per heavy atom. The van der Waals surface area contributed by atoms with Crippen LogP contribution < -0.4 is 11.5 Å². The first-order valence-corrected chi connectivity index (χ1v) is 4.80. The van der Waals surface area contributed by atoms with E-state index >= 15 is 0 Å². The molecular weight excluding hydrogens is 160 g/mol. The third-order valence-corrected chi connectivity index (χ3v) is 2.40. The van der Waals surface area contributed by atoms with Gasteiger partial charge in [0.15, 0.2) is 0 Å². The number of hydrogen-bond donors (Lipinski definition) is 2. The number of nitrogens with two attached hydrogens (primary N) is 2. The van der Waals surface area contributed by atoms with Crippen molar-refractivity contribution in [3.63, 3.8) is 0 Å². The molecular formula is C11H18N2. The van der Waals surface area contributed by atoms with Crippen LogP contribution in [0.5, 0.6) is 0 Å². The molecule has 0 aliphatic rings. The molecule has 0 saturated carbocycles. The summed E-state index contributed by atoms with van der Waals surface area (Å²) in [6.07, 6.45) is 1.07. The number of rotatable bonds is 4. The van der Waals surface area contributed by atoms with Gasteiger partial charge in [-0.3, -0.25) is 0 Å². The van der Waals surface area contributed by atoms with E-state index in [1.54, 1.807) is 0 Å². The number of benzene rings is 1. The van der Waals surface area contributed by atoms with Crippen molar-refractivity contribution < 1.29 is 0 Å². The molecule has 1 aromatic rings. The molecule has 0 atom stereocenters. The summed E-state index contributed by atoms with van der Waals surface area (Å²) in [6, 6.07) is 8.51. The quantitative estimate of drug-likeness (QED) is 0.729. The average Bonchev–Trinajstić information content (AvgIpc) is 2.20. The molecule has 0 aliphatic carbocycles. The fourth-order valence-corrected chi connectivity index (χ4v) is 1.44. The highest BCUT2D eigenvalue weighted by atomic mass is 14.6. The van der Waals surface area contributed by atoms with Crippen LogP contribution in [0.25, 0.3) is 0 Å². The van der Waals surface area contributed by atoms with Gasteiger partial charge in [-0.1, -0.05) is 31.2 Å². The van der Waals surface area contributed by atoms with Gasteiger partial charge in [0.1, 0.15) is 0 Å². The summed E-state index contributed by atoms with van der Waals surface area (Å²) in [4.78, 5) is 0. The van der Waals surface area contributed by atoms with E-state index in [4.69, 9.17) is 11.5 Å². The van der Waals surface area contributed by atoms with E-state index in [9.17, 15) is 0 Å². The van der Waals surface area contributed by atoms with Gasteiger partial charge in [-0.2, -0.15) is 0 Å². The molecule has 0 amide bonds. The molecule has 2 nitrogen and oxygen atoms in total. The fourth-order valence-electron chi connectivity index (χ4n) is 1.44. The Kier molecular flexibility index (Phi) is 3.93. The lowest BCUT2D eigenvalue weighted by Crippen LogP contribution is -2.21. The van der Waals surface area contributed by atoms with E-state index in [-0.39, 0.29) is 0 Å². The van der Waals surface area contributed by atoms with Gasteiger partial charge in [0.05, 0.1) is 0 Å². The van der Waals surface area contributed by atoms with E-state index < -0.39 is 0 Å². The second-order valence-corrected chi connectivity index (χ2v) is 3.27. The second-order valence-electron chi connectivity index (χ2n) is 3.27. The van der Waals surface area contributed by atoms with Gasteiger partial charge in [0, 0.05) is 19.0 Å². The molecule has 2 heteroatoms. The Morgan fingerprint density at radius 2 is 1.92 bits per heavy atom. The maximum absolute atomic E-state index is 5.63. The molecule has 0 aromatic heterocycles. The Hall–Kier alpha value is -0.860. The Morgan fingerprint density at radius 1 is 1.23 bits per heavy atom. The molecule has 0 heterocycles. The molecule has 13 heavy (non-hydrogen) atoms. The van der Waals surface area contributed by atoms with Crippen LogP contribution in [0, 0.1) is 0 Å². The number of aryl methyl sites for hydroxylation is 1. The molecule has 1 aromatic carbocycles. The third kappa shape index (κ3) is 2.54. The predicted octanol–water partition coefficient (Wildman–Crippen LogP) is 1.25. The van der Waals surface area contributed by atoms with Gasteiger partial charge in [0.25, 0.3) is 0 Å². The summed E-state index contributed by atoms with van der Waals surface area (Å²) < 4.78 is 0. The smallest absolute Gasteiger partial charge is 0.00842 e. The van der Waals surface area contributed by atoms with Crippen molar-refractivity contribution in [1.29, 1.82) is 0 Å². The van der Waals surface area contributed by atoms with Crippen LogP contribution in [0.4, 0.5) is 0 Å². The van der Waals surface area contributed by atoms with Crippen LogP contribution in [-0.4, -0.2) is 13.1 Å². The second kappa shape index (κ2) is 5.00. The van der Waals surface area contributed by atoms with Crippen molar-refractivity contribution in [2.75, 3.05) is 13.1 Å². The molecule has 0 bridgehead atoms. The van der Waals surface area contributed by atoms with Crippen molar-refractivity contribution >= 4 is 0 Å². The van der Waals surface area contributed by atoms with Crippen molar-refractivity contribution in [1.82, 2.24) is 0 Å². The SMILES string of the molecule is CCc1cccc(C(CN)CN)c1. The first-order valence-electron chi connectivity index (χ1n) is 4.80. The van der Waals surface area contributed by atoms with Gasteiger partial charge in [-0.05, 0) is 17.5 Å². The van der Waals surface area contributed by atoms with Crippen molar-refractivity contribution in [3.05, 3.63) is 35.4 Å². The zero-order valence-corrected chi connectivity index (χ0v) is 8.16. The van der Waals surface area contributed by atoms with Crippen LogP contribution in [0.15, 0.2) is 24.3 Å². The predicted molar refractivity (Wildman–Crippen MR) is 56.7 cm³/mol. The first kappa shape index (κ1) is 10.2. The zero-order valence-electron chi connectivity index (χ0n) is 8.16. The maximum Gasteiger partial charge on any atom is 0.00842 e. The zero-order chi connectivity index (χ0) is 9.68. The molecule has 72 valence electrons. The average molecular weight is 178 g/mol. The van der Waals surface area contributed by atoms with E-state index in [0.717, 1.165) is 6.42 Å². The summed E-state index contributed by atoms with van der Waals surface area (Å²) in [5.41, 5.74) is 13.9. The third-order valence-electron chi connectivity index (χ3n) is 2.40. The lowest BCUT2D eigenvalue weighted by Gasteiger charge is -2.13. The highest BCUT2D eigenvalue weighted by molar-refractivity contribution is 5.26. The summed E-state index contributed by atoms with van der Waals surface area (Å²) >= 11 is 0. The number of hydrogen-bond acceptors (Lipinski definition) is 2. The molecule has 0 unspecified atom stereocenters. The minimum absolute atomic E-state index is 0.312. The van der Waals surface area contributed by atoms with Crippen molar-refractivity contribution in [3.8, 4) is 0 Å². The Bertz CT molecular complexity index is 254. The van der Waals surface area contributed by atoms with E-state index in [1.165, 1.54) is 11.1 Å². The minimum Gasteiger partial charge on any atom is -0.330 e. The highest BCUT2D eigenvalue weighted by Crippen LogP contribution is 2.15. The van der Waals surface area contributed by atoms with Crippen LogP contribution >= 0.6 is 0 Å². The monoisotopic (exact) mass is 178 g/mol. The fraction of sp³-hybridized carbons (Fsp3) is 0.455. The summed E-state index contributed by atoms with van der Waals surface area (Å²) in [6.45, 7) is 3.41. The lowest BCUT2D eigenvalue weighted by atomic mass is 9.97. The molecule has 0 radical (unpaired) electrons. The van der Waals surface area contributed by atoms with Crippen molar-refractivity contribution in [2.45, 2.75) is 19.3 Å². The molecule has 0 aliphatic heterocycles. The van der Waals surface area contributed by atoms with Gasteiger partial charge < -0.3 is 11.5 Å². The summed E-state index contributed by atoms with van der Waals surface area (Å²) in [5, 5.41) is 0. The van der Waals surface area contributed by atoms with Gasteiger partial charge in [-0.15, -0.1) is 0 Å². The first-order chi connectivity index (χ1) is 6.31. The largest absolute Gasteiger partial charge is 0.330 e. The van der Waals surface area contributed by atoms with Gasteiger partial charge in [-0.25, -0.2) is 0 Å². The molecule has 4 N–H and O–H groups in total. The summed E-state index contributed by atoms with van der Waals surface area (Å²) in [7, 11) is 0. The van der Waals surface area contributed by atoms with Gasteiger partial charge in [0.2, 0.25) is 0 Å². The lowest BCUT2D eigenvalue weighted by molar-refractivity contribution is 0.707. The molecule has 0 spiro atoms. The molecule has 0 saturated heterocycles. The Balaban J connectivity index is 2.86. The van der Waals surface area contributed by atoms with Crippen LogP contribution in [0.3, 0.4) is 0 Å². The molecule has 1 rings (SSSR count). The Labute approximate surface area is 79.9 Å². The van der Waals surface area contributed by atoms with Crippen LogP contribution in [0.1, 0.15) is 24.0 Å². The van der Waals surface area contributed by atoms with Gasteiger partial charge >= 0.3 is 0 Å². The normalized spacial score (nSPS) is 10.8. The topological polar surface area (TPSA) is 52.0 Å². The molecule has 0 fully saturated rings. The summed E-state index contributed by atoms with van der Waals surface area (Å²) in [5.74, 6) is 0.312. The highest BCUT2D eigenvalue weighted by Gasteiger charge is 2.06. The standard InChI is InChI=1S/C11H18N2/c1-2-9-4-3-5-10(6-9)11(7-12)8-13/h3-6,11H,2,7-8,12-13H2,1H3. The van der Waals surface area contributed by atoms with Crippen LogP contribution in [-0.2, 0) is 6.42 Å². The van der Waals surface area contributed by atoms with Crippen molar-refractivity contribution in [2.24, 2.45) is 11.5 Å². The maximum atomic E-state index is 5.63. The van der Waals surface area contributed by atoms with E-state index in [1.807, 2.05) is 0 Å². The van der Waals surface area contributed by atoms with Crippen LogP contribution in [0.2, 0.25) is 0 Å². The van der Waals surface area contributed by atoms with E-state index in [0.29, 0.717) is 19.0 Å². The van der Waals surface area contributed by atoms with E-state index in [2.05, 4.69) is 31.2 Å².